The van der Waals surface area contributed by atoms with E-state index in [1.54, 1.807) is 6.07 Å². The summed E-state index contributed by atoms with van der Waals surface area (Å²) in [5.74, 6) is 1.41. The number of halogens is 2. The third-order valence-corrected chi connectivity index (χ3v) is 5.29. The molecule has 0 bridgehead atoms. The number of aromatic nitrogens is 1. The summed E-state index contributed by atoms with van der Waals surface area (Å²) >= 11 is 14.2. The average Bonchev–Trinajstić information content (AvgIpc) is 3.17. The Morgan fingerprint density at radius 3 is 2.42 bits per heavy atom. The quantitative estimate of drug-likeness (QED) is 0.774. The molecule has 1 aromatic rings. The van der Waals surface area contributed by atoms with E-state index in [-0.39, 0.29) is 0 Å². The van der Waals surface area contributed by atoms with Crippen LogP contribution < -0.4 is 10.6 Å². The van der Waals surface area contributed by atoms with E-state index >= 15 is 0 Å². The van der Waals surface area contributed by atoms with Crippen LogP contribution in [0.2, 0.25) is 10.0 Å². The van der Waals surface area contributed by atoms with Crippen molar-refractivity contribution in [3.05, 3.63) is 16.1 Å². The lowest BCUT2D eigenvalue weighted by atomic mass is 10.3. The van der Waals surface area contributed by atoms with Gasteiger partial charge in [-0.2, -0.15) is 11.8 Å². The molecular formula is C13H19Cl2N3S. The standard InChI is InChI=1S/C13H19Cl2N3S/c1-3-6-16-11-9(14)7-10(15)12(18-11)17-8-13(19-2)4-5-13/h7H,3-6,8H2,1-2H3,(H2,16,17,18). The molecule has 0 unspecified atom stereocenters. The molecule has 1 aliphatic rings. The molecule has 0 aromatic carbocycles. The van der Waals surface area contributed by atoms with Crippen LogP contribution in [0.15, 0.2) is 6.07 Å². The van der Waals surface area contributed by atoms with Crippen LogP contribution in [0.3, 0.4) is 0 Å². The van der Waals surface area contributed by atoms with Crippen molar-refractivity contribution < 1.29 is 0 Å². The lowest BCUT2D eigenvalue weighted by Gasteiger charge is -2.16. The van der Waals surface area contributed by atoms with Crippen molar-refractivity contribution in [3.63, 3.8) is 0 Å². The van der Waals surface area contributed by atoms with E-state index in [9.17, 15) is 0 Å². The largest absolute Gasteiger partial charge is 0.369 e. The molecule has 1 saturated carbocycles. The van der Waals surface area contributed by atoms with E-state index in [0.717, 1.165) is 19.5 Å². The number of hydrogen-bond acceptors (Lipinski definition) is 4. The van der Waals surface area contributed by atoms with Gasteiger partial charge in [0.1, 0.15) is 11.6 Å². The van der Waals surface area contributed by atoms with Gasteiger partial charge in [0.15, 0.2) is 0 Å². The maximum Gasteiger partial charge on any atom is 0.147 e. The minimum Gasteiger partial charge on any atom is -0.369 e. The highest BCUT2D eigenvalue weighted by atomic mass is 35.5. The molecule has 0 saturated heterocycles. The van der Waals surface area contributed by atoms with Gasteiger partial charge in [-0.15, -0.1) is 0 Å². The first-order valence-electron chi connectivity index (χ1n) is 6.49. The molecule has 1 heterocycles. The van der Waals surface area contributed by atoms with Gasteiger partial charge in [-0.25, -0.2) is 4.98 Å². The fourth-order valence-corrected chi connectivity index (χ4v) is 3.01. The molecule has 1 aliphatic carbocycles. The summed E-state index contributed by atoms with van der Waals surface area (Å²) in [7, 11) is 0. The molecule has 6 heteroatoms. The summed E-state index contributed by atoms with van der Waals surface area (Å²) in [5.41, 5.74) is 0. The zero-order chi connectivity index (χ0) is 13.9. The normalized spacial score (nSPS) is 16.2. The van der Waals surface area contributed by atoms with Crippen LogP contribution in [-0.2, 0) is 0 Å². The molecule has 106 valence electrons. The van der Waals surface area contributed by atoms with Gasteiger partial charge >= 0.3 is 0 Å². The van der Waals surface area contributed by atoms with Crippen LogP contribution in [0.4, 0.5) is 11.6 Å². The summed E-state index contributed by atoms with van der Waals surface area (Å²) in [6, 6.07) is 1.75. The van der Waals surface area contributed by atoms with Crippen molar-refractivity contribution in [2.45, 2.75) is 30.9 Å². The van der Waals surface area contributed by atoms with E-state index < -0.39 is 0 Å². The number of anilines is 2. The monoisotopic (exact) mass is 319 g/mol. The van der Waals surface area contributed by atoms with E-state index in [2.05, 4.69) is 28.8 Å². The van der Waals surface area contributed by atoms with Crippen LogP contribution in [0.25, 0.3) is 0 Å². The van der Waals surface area contributed by atoms with Gasteiger partial charge in [-0.05, 0) is 31.6 Å². The number of pyridine rings is 1. The highest BCUT2D eigenvalue weighted by Gasteiger charge is 2.41. The molecule has 3 nitrogen and oxygen atoms in total. The second-order valence-electron chi connectivity index (χ2n) is 4.82. The number of nitrogens with zero attached hydrogens (tertiary/aromatic N) is 1. The van der Waals surface area contributed by atoms with Gasteiger partial charge < -0.3 is 10.6 Å². The van der Waals surface area contributed by atoms with Crippen LogP contribution in [0.1, 0.15) is 26.2 Å². The Hall–Kier alpha value is -0.320. The fraction of sp³-hybridized carbons (Fsp3) is 0.615. The Balaban J connectivity index is 2.06. The van der Waals surface area contributed by atoms with E-state index in [4.69, 9.17) is 23.2 Å². The summed E-state index contributed by atoms with van der Waals surface area (Å²) in [6.07, 6.45) is 5.69. The van der Waals surface area contributed by atoms with Crippen molar-refractivity contribution in [2.24, 2.45) is 0 Å². The van der Waals surface area contributed by atoms with Gasteiger partial charge in [-0.1, -0.05) is 30.1 Å². The van der Waals surface area contributed by atoms with Gasteiger partial charge in [0, 0.05) is 17.8 Å². The van der Waals surface area contributed by atoms with Crippen LogP contribution in [0.5, 0.6) is 0 Å². The van der Waals surface area contributed by atoms with Crippen LogP contribution >= 0.6 is 35.0 Å². The van der Waals surface area contributed by atoms with Gasteiger partial charge in [0.2, 0.25) is 0 Å². The predicted octanol–water partition coefficient (Wildman–Crippen LogP) is 4.52. The Morgan fingerprint density at radius 1 is 1.26 bits per heavy atom. The summed E-state index contributed by atoms with van der Waals surface area (Å²) in [6.45, 7) is 3.85. The van der Waals surface area contributed by atoms with Crippen molar-refractivity contribution in [2.75, 3.05) is 30.0 Å². The molecular weight excluding hydrogens is 301 g/mol. The van der Waals surface area contributed by atoms with Crippen molar-refractivity contribution in [3.8, 4) is 0 Å². The average molecular weight is 320 g/mol. The molecule has 2 rings (SSSR count). The zero-order valence-electron chi connectivity index (χ0n) is 11.2. The Kier molecular flexibility index (Phi) is 5.09. The lowest BCUT2D eigenvalue weighted by Crippen LogP contribution is -2.18. The Labute approximate surface area is 128 Å². The SMILES string of the molecule is CCCNc1nc(NCC2(SC)CC2)c(Cl)cc1Cl. The minimum absolute atomic E-state index is 0.377. The highest BCUT2D eigenvalue weighted by Crippen LogP contribution is 2.47. The second-order valence-corrected chi connectivity index (χ2v) is 6.91. The minimum atomic E-state index is 0.377. The van der Waals surface area contributed by atoms with E-state index in [0.29, 0.717) is 26.4 Å². The third kappa shape index (κ3) is 3.83. The summed E-state index contributed by atoms with van der Waals surface area (Å²) in [4.78, 5) is 4.48. The fourth-order valence-electron chi connectivity index (χ4n) is 1.80. The lowest BCUT2D eigenvalue weighted by molar-refractivity contribution is 0.936. The first-order valence-corrected chi connectivity index (χ1v) is 8.47. The Morgan fingerprint density at radius 2 is 1.89 bits per heavy atom. The first-order chi connectivity index (χ1) is 9.10. The van der Waals surface area contributed by atoms with Gasteiger partial charge in [-0.3, -0.25) is 0 Å². The maximum absolute atomic E-state index is 6.18. The molecule has 1 fully saturated rings. The maximum atomic E-state index is 6.18. The number of hydrogen-bond donors (Lipinski definition) is 2. The van der Waals surface area contributed by atoms with E-state index in [1.165, 1.54) is 12.8 Å². The second kappa shape index (κ2) is 6.42. The number of rotatable bonds is 7. The highest BCUT2D eigenvalue weighted by molar-refractivity contribution is 8.00. The molecule has 0 spiro atoms. The topological polar surface area (TPSA) is 37.0 Å². The molecule has 0 atom stereocenters. The van der Waals surface area contributed by atoms with Gasteiger partial charge in [0.05, 0.1) is 10.0 Å². The van der Waals surface area contributed by atoms with E-state index in [1.807, 2.05) is 11.8 Å². The molecule has 1 aromatic heterocycles. The van der Waals surface area contributed by atoms with Crippen molar-refractivity contribution in [1.29, 1.82) is 0 Å². The van der Waals surface area contributed by atoms with Crippen molar-refractivity contribution >= 4 is 46.6 Å². The number of nitrogens with one attached hydrogen (secondary N) is 2. The summed E-state index contributed by atoms with van der Waals surface area (Å²) in [5, 5.41) is 7.70. The van der Waals surface area contributed by atoms with Gasteiger partial charge in [0.25, 0.3) is 0 Å². The number of thioether (sulfide) groups is 1. The molecule has 0 aliphatic heterocycles. The molecule has 0 amide bonds. The van der Waals surface area contributed by atoms with Crippen molar-refractivity contribution in [1.82, 2.24) is 4.98 Å². The Bertz CT molecular complexity index is 450. The third-order valence-electron chi connectivity index (χ3n) is 3.29. The zero-order valence-corrected chi connectivity index (χ0v) is 13.6. The first kappa shape index (κ1) is 15.1. The molecule has 0 radical (unpaired) electrons. The molecule has 2 N–H and O–H groups in total. The summed E-state index contributed by atoms with van der Waals surface area (Å²) < 4.78 is 0.377. The molecule has 19 heavy (non-hydrogen) atoms. The predicted molar refractivity (Wildman–Crippen MR) is 87.0 cm³/mol. The van der Waals surface area contributed by atoms with Crippen LogP contribution in [0, 0.1) is 0 Å². The van der Waals surface area contributed by atoms with Crippen LogP contribution in [-0.4, -0.2) is 29.1 Å². The smallest absolute Gasteiger partial charge is 0.147 e.